The molecule has 3 heterocycles. The van der Waals surface area contributed by atoms with Gasteiger partial charge in [0.25, 0.3) is 0 Å². The second-order valence-electron chi connectivity index (χ2n) is 9.84. The fourth-order valence-corrected chi connectivity index (χ4v) is 4.88. The highest BCUT2D eigenvalue weighted by molar-refractivity contribution is 5.65. The van der Waals surface area contributed by atoms with Crippen LogP contribution in [0.1, 0.15) is 30.9 Å². The second kappa shape index (κ2) is 12.0. The molecule has 2 aliphatic rings. The van der Waals surface area contributed by atoms with Crippen molar-refractivity contribution in [3.05, 3.63) is 71.6 Å². The molecule has 37 heavy (non-hydrogen) atoms. The molecule has 0 unspecified atom stereocenters. The SMILES string of the molecule is CCc1cnc(N2CCC(COc3c(F)cc(-c4ccc(C[N+]5CCOCC5)cc4)cc3F)CC2)nc1. The highest BCUT2D eigenvalue weighted by Gasteiger charge is 2.23. The van der Waals surface area contributed by atoms with Crippen molar-refractivity contribution in [2.45, 2.75) is 32.7 Å². The number of aryl methyl sites for hydroxylation is 1. The minimum atomic E-state index is -0.672. The van der Waals surface area contributed by atoms with E-state index in [4.69, 9.17) is 9.47 Å². The van der Waals surface area contributed by atoms with E-state index < -0.39 is 11.6 Å². The van der Waals surface area contributed by atoms with Gasteiger partial charge in [-0.15, -0.1) is 0 Å². The predicted octanol–water partition coefficient (Wildman–Crippen LogP) is 4.95. The average molecular weight is 509 g/mol. The van der Waals surface area contributed by atoms with E-state index in [0.717, 1.165) is 82.3 Å². The topological polar surface area (TPSA) is 53.4 Å². The van der Waals surface area contributed by atoms with Crippen LogP contribution in [-0.4, -0.2) is 56.0 Å². The Hall–Kier alpha value is -3.10. The maximum atomic E-state index is 14.9. The highest BCUT2D eigenvalue weighted by Crippen LogP contribution is 2.30. The summed E-state index contributed by atoms with van der Waals surface area (Å²) in [5, 5.41) is 0. The first-order valence-corrected chi connectivity index (χ1v) is 13.2. The van der Waals surface area contributed by atoms with Crippen LogP contribution in [0.2, 0.25) is 0 Å². The molecule has 0 aliphatic carbocycles. The van der Waals surface area contributed by atoms with Gasteiger partial charge < -0.3 is 14.4 Å². The lowest BCUT2D eigenvalue weighted by Crippen LogP contribution is -2.40. The molecule has 1 aromatic heterocycles. The van der Waals surface area contributed by atoms with Crippen LogP contribution in [0.25, 0.3) is 11.1 Å². The summed E-state index contributed by atoms with van der Waals surface area (Å²) in [6.07, 6.45) is 6.36. The first-order chi connectivity index (χ1) is 18.1. The Morgan fingerprint density at radius 2 is 1.59 bits per heavy atom. The lowest BCUT2D eigenvalue weighted by Gasteiger charge is -2.31. The number of nitrogens with zero attached hydrogens (tertiary/aromatic N) is 4. The van der Waals surface area contributed by atoms with Gasteiger partial charge in [-0.3, -0.25) is 0 Å². The van der Waals surface area contributed by atoms with Gasteiger partial charge in [-0.05, 0) is 54.0 Å². The molecule has 0 bridgehead atoms. The number of ether oxygens (including phenoxy) is 2. The molecule has 8 heteroatoms. The largest absolute Gasteiger partial charge is 0.487 e. The Labute approximate surface area is 217 Å². The van der Waals surface area contributed by atoms with Gasteiger partial charge in [-0.25, -0.2) is 18.7 Å². The Kier molecular flexibility index (Phi) is 8.26. The van der Waals surface area contributed by atoms with Gasteiger partial charge in [0.2, 0.25) is 5.95 Å². The second-order valence-corrected chi connectivity index (χ2v) is 9.84. The molecule has 5 rings (SSSR count). The third-order valence-corrected chi connectivity index (χ3v) is 7.26. The molecular formula is C29H34F2N4O2+. The van der Waals surface area contributed by atoms with Crippen LogP contribution in [-0.2, 0) is 17.7 Å². The van der Waals surface area contributed by atoms with Crippen molar-refractivity contribution in [1.82, 2.24) is 14.9 Å². The van der Waals surface area contributed by atoms with Crippen LogP contribution >= 0.6 is 0 Å². The van der Waals surface area contributed by atoms with Crippen molar-refractivity contribution >= 4 is 5.95 Å². The van der Waals surface area contributed by atoms with E-state index in [1.54, 1.807) is 0 Å². The molecule has 3 aromatic rings. The number of hydrogen-bond acceptors (Lipinski definition) is 6. The summed E-state index contributed by atoms with van der Waals surface area (Å²) in [6, 6.07) is 10.6. The number of morpholine rings is 1. The molecule has 195 valence electrons. The monoisotopic (exact) mass is 508 g/mol. The van der Waals surface area contributed by atoms with Crippen LogP contribution < -0.4 is 14.5 Å². The summed E-state index contributed by atoms with van der Waals surface area (Å²) in [4.78, 5) is 13.4. The zero-order chi connectivity index (χ0) is 25.6. The summed E-state index contributed by atoms with van der Waals surface area (Å²) in [6.45, 7) is 8.15. The van der Waals surface area contributed by atoms with Gasteiger partial charge in [-0.2, -0.15) is 4.90 Å². The maximum absolute atomic E-state index is 14.9. The van der Waals surface area contributed by atoms with Gasteiger partial charge in [0, 0.05) is 31.0 Å². The van der Waals surface area contributed by atoms with E-state index in [0.29, 0.717) is 5.56 Å². The molecule has 0 spiro atoms. The number of hydrogen-bond donors (Lipinski definition) is 0. The van der Waals surface area contributed by atoms with E-state index in [9.17, 15) is 8.78 Å². The first kappa shape index (κ1) is 25.5. The number of rotatable bonds is 8. The maximum Gasteiger partial charge on any atom is 0.225 e. The number of benzene rings is 2. The highest BCUT2D eigenvalue weighted by atomic mass is 19.1. The van der Waals surface area contributed by atoms with E-state index >= 15 is 0 Å². The normalized spacial score (nSPS) is 17.2. The Bertz CT molecular complexity index is 1140. The third-order valence-electron chi connectivity index (χ3n) is 7.26. The number of aromatic nitrogens is 2. The minimum Gasteiger partial charge on any atom is -0.487 e. The molecule has 2 aromatic carbocycles. The summed E-state index contributed by atoms with van der Waals surface area (Å²) in [7, 11) is 0. The number of halogens is 2. The Balaban J connectivity index is 1.15. The van der Waals surface area contributed by atoms with Crippen molar-refractivity contribution in [2.24, 2.45) is 5.92 Å². The number of piperidine rings is 1. The fourth-order valence-electron chi connectivity index (χ4n) is 4.88. The molecule has 2 saturated heterocycles. The summed E-state index contributed by atoms with van der Waals surface area (Å²) in [5.74, 6) is -0.681. The van der Waals surface area contributed by atoms with Crippen LogP contribution in [0.4, 0.5) is 14.7 Å². The van der Waals surface area contributed by atoms with Gasteiger partial charge in [-0.1, -0.05) is 31.2 Å². The van der Waals surface area contributed by atoms with E-state index in [-0.39, 0.29) is 18.3 Å². The molecular weight excluding hydrogens is 474 g/mol. The molecule has 6 nitrogen and oxygen atoms in total. The van der Waals surface area contributed by atoms with Crippen molar-refractivity contribution < 1.29 is 18.3 Å². The third kappa shape index (κ3) is 6.43. The molecule has 0 atom stereocenters. The van der Waals surface area contributed by atoms with Crippen molar-refractivity contribution in [3.8, 4) is 16.9 Å². The van der Waals surface area contributed by atoms with Gasteiger partial charge in [0.05, 0.1) is 6.61 Å². The lowest BCUT2D eigenvalue weighted by molar-refractivity contribution is 0.0731. The molecule has 0 N–H and O–H groups in total. The van der Waals surface area contributed by atoms with Crippen molar-refractivity contribution in [2.75, 3.05) is 50.9 Å². The van der Waals surface area contributed by atoms with Crippen molar-refractivity contribution in [1.29, 1.82) is 0 Å². The summed E-state index contributed by atoms with van der Waals surface area (Å²) < 4.78 is 40.8. The quantitative estimate of drug-likeness (QED) is 0.403. The first-order valence-electron chi connectivity index (χ1n) is 13.2. The van der Waals surface area contributed by atoms with Gasteiger partial charge in [0.15, 0.2) is 17.4 Å². The molecule has 2 fully saturated rings. The number of anilines is 1. The molecule has 0 saturated carbocycles. The Morgan fingerprint density at radius 1 is 0.946 bits per heavy atom. The van der Waals surface area contributed by atoms with Gasteiger partial charge >= 0.3 is 0 Å². The zero-order valence-electron chi connectivity index (χ0n) is 21.3. The zero-order valence-corrected chi connectivity index (χ0v) is 21.3. The van der Waals surface area contributed by atoms with Crippen LogP contribution in [0.5, 0.6) is 5.75 Å². The Morgan fingerprint density at radius 3 is 2.22 bits per heavy atom. The average Bonchev–Trinajstić information content (AvgIpc) is 2.94. The predicted molar refractivity (Wildman–Crippen MR) is 140 cm³/mol. The van der Waals surface area contributed by atoms with E-state index in [2.05, 4.69) is 26.7 Å². The molecule has 2 aliphatic heterocycles. The fraction of sp³-hybridized carbons (Fsp3) is 0.448. The van der Waals surface area contributed by atoms with E-state index in [1.807, 2.05) is 36.7 Å². The van der Waals surface area contributed by atoms with Crippen LogP contribution in [0.3, 0.4) is 0 Å². The van der Waals surface area contributed by atoms with Gasteiger partial charge in [0.1, 0.15) is 32.8 Å². The standard InChI is InChI=1S/C29H34F2N4O2/c1-2-21-17-32-29(33-18-21)35-9-7-23(8-10-35)20-37-28-26(30)15-25(16-27(28)31)24-5-3-22(4-6-24)19-34-11-13-36-14-12-34/h3-6,15-18,23H,2,7-14,19-20H2,1H3/q+1. The molecule has 1 radical (unpaired) electrons. The smallest absolute Gasteiger partial charge is 0.225 e. The lowest BCUT2D eigenvalue weighted by atomic mass is 9.98. The minimum absolute atomic E-state index is 0.226. The van der Waals surface area contributed by atoms with Crippen LogP contribution in [0, 0.1) is 17.6 Å². The summed E-state index contributed by atoms with van der Waals surface area (Å²) in [5.41, 5.74) is 3.56. The summed E-state index contributed by atoms with van der Waals surface area (Å²) >= 11 is 0. The van der Waals surface area contributed by atoms with E-state index in [1.165, 1.54) is 17.7 Å². The molecule has 0 amide bonds. The van der Waals surface area contributed by atoms with Crippen LogP contribution in [0.15, 0.2) is 48.8 Å². The van der Waals surface area contributed by atoms with Crippen molar-refractivity contribution in [3.63, 3.8) is 0 Å².